The molecule has 0 aliphatic carbocycles. The standard InChI is InChI=1S/C28H22N2O4/c29-28(32)21-8-6-19(7-9-21)27(20-12-14-30-15-13-20)33-22-10-11-23-24(31)17-25(34-26(23)16-22)18-4-2-1-3-5-18/h1-16,25,27H,17H2,(H2,29,32)/t25-,27+/m0/s1. The summed E-state index contributed by atoms with van der Waals surface area (Å²) in [7, 11) is 0. The summed E-state index contributed by atoms with van der Waals surface area (Å²) in [5, 5.41) is 0. The predicted molar refractivity (Wildman–Crippen MR) is 127 cm³/mol. The molecule has 2 N–H and O–H groups in total. The van der Waals surface area contributed by atoms with Gasteiger partial charge in [0.25, 0.3) is 0 Å². The number of primary amides is 1. The number of Topliss-reactive ketones (excluding diaryl/α,β-unsaturated/α-hetero) is 1. The van der Waals surface area contributed by atoms with Crippen LogP contribution in [-0.4, -0.2) is 16.7 Å². The molecule has 0 bridgehead atoms. The molecular weight excluding hydrogens is 428 g/mol. The number of benzene rings is 3. The maximum atomic E-state index is 12.8. The lowest BCUT2D eigenvalue weighted by Crippen LogP contribution is -2.20. The monoisotopic (exact) mass is 450 g/mol. The second kappa shape index (κ2) is 9.19. The number of nitrogens with zero attached hydrogens (tertiary/aromatic N) is 1. The number of rotatable bonds is 6. The number of carbonyl (C=O) groups excluding carboxylic acids is 2. The van der Waals surface area contributed by atoms with E-state index < -0.39 is 12.0 Å². The molecule has 0 saturated carbocycles. The van der Waals surface area contributed by atoms with Crippen molar-refractivity contribution in [2.45, 2.75) is 18.6 Å². The second-order valence-corrected chi connectivity index (χ2v) is 8.07. The van der Waals surface area contributed by atoms with Gasteiger partial charge in [0, 0.05) is 24.0 Å². The van der Waals surface area contributed by atoms with E-state index in [1.54, 1.807) is 42.7 Å². The molecule has 3 aromatic carbocycles. The molecule has 6 heteroatoms. The number of ketones is 1. The Kier molecular flexibility index (Phi) is 5.79. The normalized spacial score (nSPS) is 15.6. The quantitative estimate of drug-likeness (QED) is 0.444. The molecule has 0 fully saturated rings. The van der Waals surface area contributed by atoms with Gasteiger partial charge < -0.3 is 15.2 Å². The first-order valence-corrected chi connectivity index (χ1v) is 10.9. The van der Waals surface area contributed by atoms with Crippen molar-refractivity contribution in [1.82, 2.24) is 4.98 Å². The molecule has 6 nitrogen and oxygen atoms in total. The van der Waals surface area contributed by atoms with E-state index in [0.717, 1.165) is 16.7 Å². The first kappa shape index (κ1) is 21.4. The highest BCUT2D eigenvalue weighted by Gasteiger charge is 2.28. The van der Waals surface area contributed by atoms with Gasteiger partial charge in [0.05, 0.1) is 12.0 Å². The molecule has 4 aromatic rings. The Balaban J connectivity index is 1.46. The Morgan fingerprint density at radius 2 is 1.65 bits per heavy atom. The second-order valence-electron chi connectivity index (χ2n) is 8.07. The number of fused-ring (bicyclic) bond motifs is 1. The fraction of sp³-hybridized carbons (Fsp3) is 0.107. The van der Waals surface area contributed by atoms with Crippen LogP contribution in [-0.2, 0) is 0 Å². The van der Waals surface area contributed by atoms with Crippen molar-refractivity contribution in [3.63, 3.8) is 0 Å². The van der Waals surface area contributed by atoms with Crippen LogP contribution in [0.1, 0.15) is 56.0 Å². The molecule has 0 unspecified atom stereocenters. The highest BCUT2D eigenvalue weighted by molar-refractivity contribution is 6.00. The van der Waals surface area contributed by atoms with Gasteiger partial charge in [-0.25, -0.2) is 0 Å². The molecule has 0 saturated heterocycles. The molecule has 168 valence electrons. The SMILES string of the molecule is NC(=O)c1ccc([C@@H](Oc2ccc3c(c2)O[C@H](c2ccccc2)CC3=O)c2ccncc2)cc1. The minimum Gasteiger partial charge on any atom is -0.484 e. The number of nitrogens with two attached hydrogens (primary N) is 1. The van der Waals surface area contributed by atoms with E-state index in [1.807, 2.05) is 54.6 Å². The van der Waals surface area contributed by atoms with Gasteiger partial charge in [-0.3, -0.25) is 14.6 Å². The van der Waals surface area contributed by atoms with Gasteiger partial charge in [-0.1, -0.05) is 42.5 Å². The van der Waals surface area contributed by atoms with Crippen molar-refractivity contribution < 1.29 is 19.1 Å². The van der Waals surface area contributed by atoms with E-state index in [2.05, 4.69) is 4.98 Å². The van der Waals surface area contributed by atoms with Crippen molar-refractivity contribution >= 4 is 11.7 Å². The average molecular weight is 450 g/mol. The van der Waals surface area contributed by atoms with Crippen LogP contribution in [0.4, 0.5) is 0 Å². The molecular formula is C28H22N2O4. The lowest BCUT2D eigenvalue weighted by Gasteiger charge is -2.27. The molecule has 1 amide bonds. The Morgan fingerprint density at radius 1 is 0.941 bits per heavy atom. The van der Waals surface area contributed by atoms with E-state index in [1.165, 1.54) is 0 Å². The summed E-state index contributed by atoms with van der Waals surface area (Å²) >= 11 is 0. The zero-order valence-corrected chi connectivity index (χ0v) is 18.3. The first-order valence-electron chi connectivity index (χ1n) is 10.9. The van der Waals surface area contributed by atoms with Crippen LogP contribution in [0.5, 0.6) is 11.5 Å². The topological polar surface area (TPSA) is 91.5 Å². The van der Waals surface area contributed by atoms with Crippen LogP contribution in [0.3, 0.4) is 0 Å². The van der Waals surface area contributed by atoms with Crippen LogP contribution in [0.15, 0.2) is 97.3 Å². The van der Waals surface area contributed by atoms with Crippen molar-refractivity contribution in [2.75, 3.05) is 0 Å². The Bertz CT molecular complexity index is 1320. The van der Waals surface area contributed by atoms with Crippen LogP contribution >= 0.6 is 0 Å². The number of carbonyl (C=O) groups is 2. The summed E-state index contributed by atoms with van der Waals surface area (Å²) in [5.41, 5.74) is 9.04. The van der Waals surface area contributed by atoms with Gasteiger partial charge in [0.2, 0.25) is 5.91 Å². The van der Waals surface area contributed by atoms with Gasteiger partial charge in [-0.05, 0) is 53.1 Å². The van der Waals surface area contributed by atoms with E-state index in [4.69, 9.17) is 15.2 Å². The van der Waals surface area contributed by atoms with Gasteiger partial charge in [0.15, 0.2) is 5.78 Å². The zero-order valence-electron chi connectivity index (χ0n) is 18.3. The number of ether oxygens (including phenoxy) is 2. The van der Waals surface area contributed by atoms with Crippen molar-refractivity contribution in [2.24, 2.45) is 5.73 Å². The molecule has 2 heterocycles. The van der Waals surface area contributed by atoms with E-state index >= 15 is 0 Å². The number of pyridine rings is 1. The van der Waals surface area contributed by atoms with Gasteiger partial charge >= 0.3 is 0 Å². The average Bonchev–Trinajstić information content (AvgIpc) is 2.88. The summed E-state index contributed by atoms with van der Waals surface area (Å²) in [6, 6.07) is 25.7. The summed E-state index contributed by atoms with van der Waals surface area (Å²) in [6.07, 6.45) is 2.88. The molecule has 5 rings (SSSR count). The smallest absolute Gasteiger partial charge is 0.248 e. The molecule has 2 atom stereocenters. The summed E-state index contributed by atoms with van der Waals surface area (Å²) < 4.78 is 12.6. The van der Waals surface area contributed by atoms with E-state index in [0.29, 0.717) is 29.0 Å². The maximum Gasteiger partial charge on any atom is 0.248 e. The summed E-state index contributed by atoms with van der Waals surface area (Å²) in [5.74, 6) is 0.605. The van der Waals surface area contributed by atoms with E-state index in [9.17, 15) is 9.59 Å². The number of hydrogen-bond acceptors (Lipinski definition) is 5. The van der Waals surface area contributed by atoms with Crippen molar-refractivity contribution in [3.05, 3.63) is 125 Å². The van der Waals surface area contributed by atoms with Gasteiger partial charge in [-0.15, -0.1) is 0 Å². The summed E-state index contributed by atoms with van der Waals surface area (Å²) in [6.45, 7) is 0. The Hall–Kier alpha value is -4.45. The van der Waals surface area contributed by atoms with Crippen LogP contribution in [0, 0.1) is 0 Å². The third-order valence-corrected chi connectivity index (χ3v) is 5.83. The molecule has 34 heavy (non-hydrogen) atoms. The van der Waals surface area contributed by atoms with E-state index in [-0.39, 0.29) is 11.9 Å². The molecule has 1 aliphatic heterocycles. The van der Waals surface area contributed by atoms with Crippen molar-refractivity contribution in [1.29, 1.82) is 0 Å². The third-order valence-electron chi connectivity index (χ3n) is 5.83. The Morgan fingerprint density at radius 3 is 2.35 bits per heavy atom. The number of aromatic nitrogens is 1. The molecule has 1 aromatic heterocycles. The molecule has 0 spiro atoms. The maximum absolute atomic E-state index is 12.8. The van der Waals surface area contributed by atoms with Crippen LogP contribution < -0.4 is 15.2 Å². The fourth-order valence-corrected chi connectivity index (χ4v) is 4.06. The molecule has 1 aliphatic rings. The van der Waals surface area contributed by atoms with Gasteiger partial charge in [0.1, 0.15) is 23.7 Å². The minimum absolute atomic E-state index is 0.0365. The number of amides is 1. The highest BCUT2D eigenvalue weighted by Crippen LogP contribution is 2.38. The largest absolute Gasteiger partial charge is 0.484 e. The Labute approximate surface area is 197 Å². The first-order chi connectivity index (χ1) is 16.6. The molecule has 0 radical (unpaired) electrons. The summed E-state index contributed by atoms with van der Waals surface area (Å²) in [4.78, 5) is 28.3. The zero-order chi connectivity index (χ0) is 23.5. The lowest BCUT2D eigenvalue weighted by atomic mass is 9.96. The van der Waals surface area contributed by atoms with Crippen molar-refractivity contribution in [3.8, 4) is 11.5 Å². The predicted octanol–water partition coefficient (Wildman–Crippen LogP) is 5.06. The van der Waals surface area contributed by atoms with Crippen LogP contribution in [0.2, 0.25) is 0 Å². The number of hydrogen-bond donors (Lipinski definition) is 1. The van der Waals surface area contributed by atoms with Crippen LogP contribution in [0.25, 0.3) is 0 Å². The lowest BCUT2D eigenvalue weighted by molar-refractivity contribution is 0.0848. The van der Waals surface area contributed by atoms with Gasteiger partial charge in [-0.2, -0.15) is 0 Å². The third kappa shape index (κ3) is 4.38. The highest BCUT2D eigenvalue weighted by atomic mass is 16.5. The fourth-order valence-electron chi connectivity index (χ4n) is 4.06. The minimum atomic E-state index is -0.489.